The maximum atomic E-state index is 12.7. The van der Waals surface area contributed by atoms with E-state index < -0.39 is 11.9 Å². The first-order valence-electron chi connectivity index (χ1n) is 8.33. The number of nitrogens with zero attached hydrogens (tertiary/aromatic N) is 2. The highest BCUT2D eigenvalue weighted by Gasteiger charge is 2.37. The zero-order valence-corrected chi connectivity index (χ0v) is 15.0. The van der Waals surface area contributed by atoms with E-state index in [2.05, 4.69) is 0 Å². The molecule has 1 aromatic heterocycles. The third-order valence-corrected chi connectivity index (χ3v) is 5.11. The van der Waals surface area contributed by atoms with Crippen molar-refractivity contribution < 1.29 is 14.7 Å². The number of halogens is 1. The van der Waals surface area contributed by atoms with Gasteiger partial charge in [0.15, 0.2) is 0 Å². The van der Waals surface area contributed by atoms with Gasteiger partial charge in [-0.2, -0.15) is 0 Å². The van der Waals surface area contributed by atoms with Crippen LogP contribution in [0, 0.1) is 11.8 Å². The van der Waals surface area contributed by atoms with Crippen molar-refractivity contribution in [1.29, 1.82) is 0 Å². The van der Waals surface area contributed by atoms with E-state index in [0.29, 0.717) is 17.1 Å². The number of hydrogen-bond donors (Lipinski definition) is 1. The van der Waals surface area contributed by atoms with Crippen LogP contribution in [-0.2, 0) is 11.3 Å². The zero-order chi connectivity index (χ0) is 18.8. The standard InChI is InChI=1S/C19H19ClN2O4/c1-12-8-22(11-15(12)19(25)26)18(24)14-6-7-17(23)21(10-14)9-13-4-2-3-5-16(13)20/h2-7,10,12,15H,8-9,11H2,1H3,(H,25,26)/t12-,15-/m1/s1. The molecule has 7 heteroatoms. The molecule has 1 aliphatic rings. The summed E-state index contributed by atoms with van der Waals surface area (Å²) in [6.45, 7) is 2.65. The molecule has 1 fully saturated rings. The fraction of sp³-hybridized carbons (Fsp3) is 0.316. The molecule has 0 saturated carbocycles. The van der Waals surface area contributed by atoms with E-state index in [9.17, 15) is 19.5 Å². The van der Waals surface area contributed by atoms with Gasteiger partial charge in [-0.3, -0.25) is 14.4 Å². The number of carboxylic acid groups (broad SMARTS) is 1. The molecule has 1 aliphatic heterocycles. The molecule has 0 bridgehead atoms. The van der Waals surface area contributed by atoms with Gasteiger partial charge in [0.2, 0.25) is 0 Å². The van der Waals surface area contributed by atoms with Crippen molar-refractivity contribution in [2.75, 3.05) is 13.1 Å². The number of pyridine rings is 1. The van der Waals surface area contributed by atoms with E-state index in [1.807, 2.05) is 25.1 Å². The van der Waals surface area contributed by atoms with Gasteiger partial charge in [0.1, 0.15) is 0 Å². The summed E-state index contributed by atoms with van der Waals surface area (Å²) in [5.41, 5.74) is 0.899. The highest BCUT2D eigenvalue weighted by atomic mass is 35.5. The predicted molar refractivity (Wildman–Crippen MR) is 97.4 cm³/mol. The maximum absolute atomic E-state index is 12.7. The summed E-state index contributed by atoms with van der Waals surface area (Å²) in [6, 6.07) is 10.0. The molecular formula is C19H19ClN2O4. The number of amides is 1. The zero-order valence-electron chi connectivity index (χ0n) is 14.3. The van der Waals surface area contributed by atoms with Crippen LogP contribution in [0.3, 0.4) is 0 Å². The summed E-state index contributed by atoms with van der Waals surface area (Å²) >= 11 is 6.15. The summed E-state index contributed by atoms with van der Waals surface area (Å²) in [5, 5.41) is 9.78. The fourth-order valence-corrected chi connectivity index (χ4v) is 3.42. The van der Waals surface area contributed by atoms with E-state index in [4.69, 9.17) is 11.6 Å². The van der Waals surface area contributed by atoms with Crippen LogP contribution in [0.2, 0.25) is 5.02 Å². The Balaban J connectivity index is 1.83. The first-order valence-corrected chi connectivity index (χ1v) is 8.70. The van der Waals surface area contributed by atoms with Crippen molar-refractivity contribution in [3.05, 3.63) is 69.1 Å². The predicted octanol–water partition coefficient (Wildman–Crippen LogP) is 2.34. The first-order chi connectivity index (χ1) is 12.4. The van der Waals surface area contributed by atoms with Crippen LogP contribution in [0.25, 0.3) is 0 Å². The van der Waals surface area contributed by atoms with Gasteiger partial charge in [-0.1, -0.05) is 36.7 Å². The Labute approximate surface area is 155 Å². The van der Waals surface area contributed by atoms with Crippen molar-refractivity contribution in [1.82, 2.24) is 9.47 Å². The minimum atomic E-state index is -0.892. The van der Waals surface area contributed by atoms with Crippen LogP contribution in [0.4, 0.5) is 0 Å². The number of likely N-dealkylation sites (tertiary alicyclic amines) is 1. The third kappa shape index (κ3) is 3.65. The maximum Gasteiger partial charge on any atom is 0.308 e. The van der Waals surface area contributed by atoms with E-state index in [1.54, 1.807) is 6.07 Å². The van der Waals surface area contributed by atoms with Crippen LogP contribution in [0.5, 0.6) is 0 Å². The van der Waals surface area contributed by atoms with Gasteiger partial charge in [-0.15, -0.1) is 0 Å². The molecule has 0 unspecified atom stereocenters. The van der Waals surface area contributed by atoms with Crippen molar-refractivity contribution >= 4 is 23.5 Å². The van der Waals surface area contributed by atoms with Crippen LogP contribution in [-0.4, -0.2) is 39.5 Å². The SMILES string of the molecule is C[C@@H]1CN(C(=O)c2ccc(=O)n(Cc3ccccc3Cl)c2)C[C@H]1C(=O)O. The number of benzene rings is 1. The normalized spacial score (nSPS) is 19.5. The van der Waals surface area contributed by atoms with Crippen LogP contribution >= 0.6 is 11.6 Å². The lowest BCUT2D eigenvalue weighted by molar-refractivity contribution is -0.142. The molecule has 2 heterocycles. The molecule has 6 nitrogen and oxygen atoms in total. The molecule has 1 N–H and O–H groups in total. The Morgan fingerprint density at radius 1 is 1.19 bits per heavy atom. The largest absolute Gasteiger partial charge is 0.481 e. The van der Waals surface area contributed by atoms with E-state index in [0.717, 1.165) is 5.56 Å². The van der Waals surface area contributed by atoms with Gasteiger partial charge in [0.05, 0.1) is 18.0 Å². The Kier molecular flexibility index (Phi) is 5.13. The number of aliphatic carboxylic acids is 1. The van der Waals surface area contributed by atoms with Gasteiger partial charge >= 0.3 is 5.97 Å². The van der Waals surface area contributed by atoms with Crippen molar-refractivity contribution in [3.8, 4) is 0 Å². The van der Waals surface area contributed by atoms with Gasteiger partial charge in [0, 0.05) is 30.4 Å². The molecule has 2 aromatic rings. The first kappa shape index (κ1) is 18.2. The van der Waals surface area contributed by atoms with Gasteiger partial charge < -0.3 is 14.6 Å². The highest BCUT2D eigenvalue weighted by Crippen LogP contribution is 2.24. The van der Waals surface area contributed by atoms with E-state index in [1.165, 1.54) is 27.8 Å². The summed E-state index contributed by atoms with van der Waals surface area (Å²) in [7, 11) is 0. The smallest absolute Gasteiger partial charge is 0.308 e. The molecule has 1 amide bonds. The quantitative estimate of drug-likeness (QED) is 0.890. The Morgan fingerprint density at radius 2 is 1.92 bits per heavy atom. The monoisotopic (exact) mass is 374 g/mol. The molecule has 3 rings (SSSR count). The van der Waals surface area contributed by atoms with Crippen molar-refractivity contribution in [2.24, 2.45) is 11.8 Å². The molecule has 0 aliphatic carbocycles. The lowest BCUT2D eigenvalue weighted by Crippen LogP contribution is -2.31. The second-order valence-corrected chi connectivity index (χ2v) is 7.01. The summed E-state index contributed by atoms with van der Waals surface area (Å²) < 4.78 is 1.43. The molecule has 1 saturated heterocycles. The van der Waals surface area contributed by atoms with Crippen LogP contribution in [0.1, 0.15) is 22.8 Å². The molecule has 26 heavy (non-hydrogen) atoms. The second-order valence-electron chi connectivity index (χ2n) is 6.61. The number of aromatic nitrogens is 1. The number of carbonyl (C=O) groups is 2. The Bertz CT molecular complexity index is 908. The topological polar surface area (TPSA) is 79.6 Å². The summed E-state index contributed by atoms with van der Waals surface area (Å²) in [5.74, 6) is -1.83. The van der Waals surface area contributed by atoms with Gasteiger partial charge in [-0.25, -0.2) is 0 Å². The molecule has 136 valence electrons. The minimum Gasteiger partial charge on any atom is -0.481 e. The van der Waals surface area contributed by atoms with Crippen molar-refractivity contribution in [3.63, 3.8) is 0 Å². The molecule has 1 aromatic carbocycles. The Hall–Kier alpha value is -2.60. The van der Waals surface area contributed by atoms with Gasteiger partial charge in [-0.05, 0) is 23.6 Å². The van der Waals surface area contributed by atoms with Gasteiger partial charge in [0.25, 0.3) is 11.5 Å². The minimum absolute atomic E-state index is 0.106. The lowest BCUT2D eigenvalue weighted by Gasteiger charge is -2.17. The molecule has 0 spiro atoms. The number of carbonyl (C=O) groups excluding carboxylic acids is 1. The number of rotatable bonds is 4. The average molecular weight is 375 g/mol. The highest BCUT2D eigenvalue weighted by molar-refractivity contribution is 6.31. The summed E-state index contributed by atoms with van der Waals surface area (Å²) in [6.07, 6.45) is 1.51. The molecule has 0 radical (unpaired) electrons. The fourth-order valence-electron chi connectivity index (χ4n) is 3.23. The van der Waals surface area contributed by atoms with Crippen molar-refractivity contribution in [2.45, 2.75) is 13.5 Å². The second kappa shape index (κ2) is 7.33. The van der Waals surface area contributed by atoms with E-state index >= 15 is 0 Å². The number of carboxylic acids is 1. The van der Waals surface area contributed by atoms with E-state index in [-0.39, 0.29) is 30.5 Å². The number of hydrogen-bond acceptors (Lipinski definition) is 3. The van der Waals surface area contributed by atoms with Crippen LogP contribution < -0.4 is 5.56 Å². The molecular weight excluding hydrogens is 356 g/mol. The lowest BCUT2D eigenvalue weighted by atomic mass is 9.99. The Morgan fingerprint density at radius 3 is 2.58 bits per heavy atom. The third-order valence-electron chi connectivity index (χ3n) is 4.75. The van der Waals surface area contributed by atoms with Crippen LogP contribution in [0.15, 0.2) is 47.4 Å². The molecule has 2 atom stereocenters. The average Bonchev–Trinajstić information content (AvgIpc) is 3.00. The summed E-state index contributed by atoms with van der Waals surface area (Å²) in [4.78, 5) is 37.7.